The Bertz CT molecular complexity index is 653. The molecule has 4 nitrogen and oxygen atoms in total. The first kappa shape index (κ1) is 15.8. The van der Waals surface area contributed by atoms with Gasteiger partial charge in [-0.25, -0.2) is 4.79 Å². The van der Waals surface area contributed by atoms with Crippen LogP contribution in [0.3, 0.4) is 0 Å². The van der Waals surface area contributed by atoms with E-state index in [1.165, 1.54) is 11.2 Å². The molecule has 0 saturated carbocycles. The van der Waals surface area contributed by atoms with E-state index in [4.69, 9.17) is 9.15 Å². The molecular formula is C19H24NO3+. The van der Waals surface area contributed by atoms with Gasteiger partial charge in [-0.15, -0.1) is 0 Å². The van der Waals surface area contributed by atoms with Crippen LogP contribution in [0.5, 0.6) is 0 Å². The molecule has 1 fully saturated rings. The van der Waals surface area contributed by atoms with Crippen molar-refractivity contribution in [3.63, 3.8) is 0 Å². The summed E-state index contributed by atoms with van der Waals surface area (Å²) in [4.78, 5) is 14.0. The van der Waals surface area contributed by atoms with Crippen LogP contribution in [0.25, 0.3) is 0 Å². The number of hydrogen-bond donors (Lipinski definition) is 1. The lowest BCUT2D eigenvalue weighted by molar-refractivity contribution is -0.916. The Labute approximate surface area is 137 Å². The third-order valence-electron chi connectivity index (χ3n) is 5.13. The summed E-state index contributed by atoms with van der Waals surface area (Å²) in [5.41, 5.74) is 0.455. The molecule has 4 heteroatoms. The van der Waals surface area contributed by atoms with E-state index in [0.29, 0.717) is 6.04 Å². The molecule has 1 aliphatic heterocycles. The Morgan fingerprint density at radius 3 is 2.61 bits per heavy atom. The molecule has 23 heavy (non-hydrogen) atoms. The number of benzene rings is 1. The Kier molecular flexibility index (Phi) is 4.26. The SMILES string of the molecule is C[C@@H]1C[NH+](C)[C@@H](C)C[C@]1(OC(=O)c1ccco1)c1ccccc1. The third-order valence-corrected chi connectivity index (χ3v) is 5.13. The zero-order chi connectivity index (χ0) is 16.4. The molecule has 1 unspecified atom stereocenters. The number of likely N-dealkylation sites (tertiary alicyclic amines) is 1. The minimum atomic E-state index is -0.607. The molecule has 2 aromatic rings. The Balaban J connectivity index is 1.98. The molecule has 0 bridgehead atoms. The first-order chi connectivity index (χ1) is 11.0. The molecule has 0 spiro atoms. The van der Waals surface area contributed by atoms with E-state index in [2.05, 4.69) is 33.0 Å². The standard InChI is InChI=1S/C19H23NO3/c1-14-13-20(3)15(2)12-19(14,16-8-5-4-6-9-16)23-18(21)17-10-7-11-22-17/h4-11,14-15H,12-13H2,1-3H3/p+1/t14-,15+,19-/m1/s1. The highest BCUT2D eigenvalue weighted by Crippen LogP contribution is 2.40. The highest BCUT2D eigenvalue weighted by molar-refractivity contribution is 5.86. The van der Waals surface area contributed by atoms with E-state index < -0.39 is 11.6 Å². The van der Waals surface area contributed by atoms with Gasteiger partial charge in [0.2, 0.25) is 5.76 Å². The van der Waals surface area contributed by atoms with Crippen molar-refractivity contribution in [1.29, 1.82) is 0 Å². The van der Waals surface area contributed by atoms with Crippen molar-refractivity contribution in [2.75, 3.05) is 13.6 Å². The number of hydrogen-bond acceptors (Lipinski definition) is 3. The van der Waals surface area contributed by atoms with Gasteiger partial charge < -0.3 is 14.1 Å². The van der Waals surface area contributed by atoms with Gasteiger partial charge >= 0.3 is 5.97 Å². The second-order valence-electron chi connectivity index (χ2n) is 6.68. The molecule has 4 atom stereocenters. The number of piperidine rings is 1. The Morgan fingerprint density at radius 1 is 1.22 bits per heavy atom. The molecule has 1 saturated heterocycles. The molecule has 0 radical (unpaired) electrons. The van der Waals surface area contributed by atoms with Crippen molar-refractivity contribution >= 4 is 5.97 Å². The Morgan fingerprint density at radius 2 is 1.96 bits per heavy atom. The van der Waals surface area contributed by atoms with E-state index in [1.807, 2.05) is 18.2 Å². The highest BCUT2D eigenvalue weighted by Gasteiger charge is 2.49. The van der Waals surface area contributed by atoms with Gasteiger partial charge in [0, 0.05) is 12.3 Å². The summed E-state index contributed by atoms with van der Waals surface area (Å²) in [5, 5.41) is 0. The fourth-order valence-corrected chi connectivity index (χ4v) is 3.61. The van der Waals surface area contributed by atoms with Crippen molar-refractivity contribution in [2.45, 2.75) is 31.9 Å². The number of quaternary nitrogens is 1. The van der Waals surface area contributed by atoms with E-state index >= 15 is 0 Å². The number of nitrogens with one attached hydrogen (secondary N) is 1. The fraction of sp³-hybridized carbons (Fsp3) is 0.421. The first-order valence-corrected chi connectivity index (χ1v) is 8.17. The van der Waals surface area contributed by atoms with Gasteiger partial charge in [-0.05, 0) is 24.6 Å². The van der Waals surface area contributed by atoms with Crippen LogP contribution in [0, 0.1) is 5.92 Å². The van der Waals surface area contributed by atoms with Crippen LogP contribution in [0.4, 0.5) is 0 Å². The van der Waals surface area contributed by atoms with Crippen molar-refractivity contribution in [2.24, 2.45) is 5.92 Å². The summed E-state index contributed by atoms with van der Waals surface area (Å²) in [6, 6.07) is 13.9. The Hall–Kier alpha value is -2.07. The predicted octanol–water partition coefficient (Wildman–Crippen LogP) is 2.27. The average molecular weight is 314 g/mol. The number of furan rings is 1. The summed E-state index contributed by atoms with van der Waals surface area (Å²) in [5.74, 6) is 0.0869. The quantitative estimate of drug-likeness (QED) is 0.884. The van der Waals surface area contributed by atoms with Crippen molar-refractivity contribution in [3.05, 3.63) is 60.1 Å². The molecule has 0 aliphatic carbocycles. The summed E-state index contributed by atoms with van der Waals surface area (Å²) < 4.78 is 11.3. The molecule has 1 N–H and O–H groups in total. The largest absolute Gasteiger partial charge is 0.457 e. The van der Waals surface area contributed by atoms with Gasteiger partial charge in [-0.2, -0.15) is 0 Å². The molecule has 2 heterocycles. The minimum Gasteiger partial charge on any atom is -0.457 e. The van der Waals surface area contributed by atoms with Gasteiger partial charge in [-0.3, -0.25) is 0 Å². The van der Waals surface area contributed by atoms with Crippen molar-refractivity contribution < 1.29 is 18.8 Å². The summed E-state index contributed by atoms with van der Waals surface area (Å²) in [7, 11) is 2.20. The molecule has 1 aliphatic rings. The normalized spacial score (nSPS) is 30.8. The molecule has 122 valence electrons. The number of rotatable bonds is 3. The molecule has 0 amide bonds. The van der Waals surface area contributed by atoms with E-state index in [9.17, 15) is 4.79 Å². The maximum atomic E-state index is 12.6. The lowest BCUT2D eigenvalue weighted by Crippen LogP contribution is -3.15. The van der Waals surface area contributed by atoms with E-state index in [0.717, 1.165) is 18.5 Å². The lowest BCUT2D eigenvalue weighted by atomic mass is 9.74. The molecule has 3 rings (SSSR count). The molecule has 1 aromatic heterocycles. The van der Waals surface area contributed by atoms with Gasteiger partial charge in [0.05, 0.1) is 25.9 Å². The second-order valence-corrected chi connectivity index (χ2v) is 6.68. The smallest absolute Gasteiger partial charge is 0.375 e. The van der Waals surface area contributed by atoms with E-state index in [-0.39, 0.29) is 11.7 Å². The van der Waals surface area contributed by atoms with Crippen molar-refractivity contribution in [1.82, 2.24) is 0 Å². The summed E-state index contributed by atoms with van der Waals surface area (Å²) in [6.07, 6.45) is 2.30. The second kappa shape index (κ2) is 6.20. The predicted molar refractivity (Wildman–Crippen MR) is 87.2 cm³/mol. The lowest BCUT2D eigenvalue weighted by Gasteiger charge is -2.46. The van der Waals surface area contributed by atoms with Crippen LogP contribution in [-0.2, 0) is 10.3 Å². The minimum absolute atomic E-state index is 0.222. The van der Waals surface area contributed by atoms with Gasteiger partial charge in [-0.1, -0.05) is 37.3 Å². The zero-order valence-corrected chi connectivity index (χ0v) is 13.9. The highest BCUT2D eigenvalue weighted by atomic mass is 16.6. The van der Waals surface area contributed by atoms with Crippen LogP contribution < -0.4 is 4.90 Å². The average Bonchev–Trinajstić information content (AvgIpc) is 3.08. The summed E-state index contributed by atoms with van der Waals surface area (Å²) in [6.45, 7) is 5.33. The van der Waals surface area contributed by atoms with Crippen LogP contribution in [0.1, 0.15) is 36.4 Å². The summed E-state index contributed by atoms with van der Waals surface area (Å²) >= 11 is 0. The van der Waals surface area contributed by atoms with E-state index in [1.54, 1.807) is 12.1 Å². The first-order valence-electron chi connectivity index (χ1n) is 8.17. The number of carbonyl (C=O) groups is 1. The number of ether oxygens (including phenoxy) is 1. The van der Waals surface area contributed by atoms with Gasteiger partial charge in [0.1, 0.15) is 0 Å². The topological polar surface area (TPSA) is 43.9 Å². The number of esters is 1. The molecule has 1 aromatic carbocycles. The van der Waals surface area contributed by atoms with Crippen molar-refractivity contribution in [3.8, 4) is 0 Å². The van der Waals surface area contributed by atoms with Crippen LogP contribution in [0.2, 0.25) is 0 Å². The number of carbonyl (C=O) groups excluding carboxylic acids is 1. The maximum absolute atomic E-state index is 12.6. The maximum Gasteiger partial charge on any atom is 0.375 e. The fourth-order valence-electron chi connectivity index (χ4n) is 3.61. The van der Waals surface area contributed by atoms with Crippen LogP contribution in [-0.4, -0.2) is 25.6 Å². The van der Waals surface area contributed by atoms with Gasteiger partial charge in [0.15, 0.2) is 5.60 Å². The monoisotopic (exact) mass is 314 g/mol. The third kappa shape index (κ3) is 2.91. The molecular weight excluding hydrogens is 290 g/mol. The van der Waals surface area contributed by atoms with Crippen LogP contribution >= 0.6 is 0 Å². The van der Waals surface area contributed by atoms with Crippen LogP contribution in [0.15, 0.2) is 53.1 Å². The van der Waals surface area contributed by atoms with Gasteiger partial charge in [0.25, 0.3) is 0 Å². The zero-order valence-electron chi connectivity index (χ0n) is 13.9.